The molecule has 2 aromatic carbocycles. The van der Waals surface area contributed by atoms with E-state index in [2.05, 4.69) is 39.9 Å². The third kappa shape index (κ3) is 4.93. The molecule has 1 amide bonds. The lowest BCUT2D eigenvalue weighted by atomic mass is 9.99. The maximum Gasteiger partial charge on any atom is 0.222 e. The average Bonchev–Trinajstić information content (AvgIpc) is 3.21. The fourth-order valence-corrected chi connectivity index (χ4v) is 4.11. The van der Waals surface area contributed by atoms with Crippen LogP contribution in [0.3, 0.4) is 0 Å². The van der Waals surface area contributed by atoms with Crippen LogP contribution in [0.5, 0.6) is 5.75 Å². The number of carbonyl (C=O) groups excluding carboxylic acids is 1. The first kappa shape index (κ1) is 20.3. The lowest BCUT2D eigenvalue weighted by Crippen LogP contribution is -2.42. The smallest absolute Gasteiger partial charge is 0.222 e. The van der Waals surface area contributed by atoms with Crippen LogP contribution in [0.25, 0.3) is 0 Å². The van der Waals surface area contributed by atoms with E-state index >= 15 is 0 Å². The number of nitrogens with one attached hydrogen (secondary N) is 2. The number of hydrogen-bond donors (Lipinski definition) is 2. The quantitative estimate of drug-likeness (QED) is 0.440. The van der Waals surface area contributed by atoms with Gasteiger partial charge < -0.3 is 20.3 Å². The van der Waals surface area contributed by atoms with E-state index in [1.54, 1.807) is 7.05 Å². The number of fused-ring (bicyclic) bond motifs is 2. The minimum Gasteiger partial charge on any atom is -0.488 e. The standard InChI is InChI=1S/C24H30N4O2/c1-25-24(27-16-21-15-19-8-4-5-10-22(19)30-21)26-13-6-11-23(29)28-14-12-18-7-2-3-9-20(18)17-28/h2-5,7-10,21H,6,11-17H2,1H3,(H2,25,26,27). The molecule has 1 atom stereocenters. The van der Waals surface area contributed by atoms with Gasteiger partial charge in [-0.05, 0) is 35.6 Å². The minimum absolute atomic E-state index is 0.115. The fraction of sp³-hybridized carbons (Fsp3) is 0.417. The highest BCUT2D eigenvalue weighted by Gasteiger charge is 2.22. The largest absolute Gasteiger partial charge is 0.488 e. The predicted molar refractivity (Wildman–Crippen MR) is 119 cm³/mol. The molecular weight excluding hydrogens is 376 g/mol. The molecule has 0 radical (unpaired) electrons. The van der Waals surface area contributed by atoms with E-state index in [0.29, 0.717) is 19.5 Å². The molecular formula is C24H30N4O2. The van der Waals surface area contributed by atoms with Gasteiger partial charge in [-0.3, -0.25) is 9.79 Å². The van der Waals surface area contributed by atoms with Crippen molar-refractivity contribution in [1.29, 1.82) is 0 Å². The van der Waals surface area contributed by atoms with Gasteiger partial charge in [0.25, 0.3) is 0 Å². The van der Waals surface area contributed by atoms with Crippen molar-refractivity contribution >= 4 is 11.9 Å². The van der Waals surface area contributed by atoms with E-state index < -0.39 is 0 Å². The Morgan fingerprint density at radius 1 is 1.10 bits per heavy atom. The topological polar surface area (TPSA) is 66.0 Å². The highest BCUT2D eigenvalue weighted by Crippen LogP contribution is 2.27. The molecule has 2 aromatic rings. The third-order valence-corrected chi connectivity index (χ3v) is 5.78. The zero-order chi connectivity index (χ0) is 20.8. The number of aliphatic imine (C=N–C) groups is 1. The Morgan fingerprint density at radius 3 is 2.67 bits per heavy atom. The van der Waals surface area contributed by atoms with Crippen LogP contribution in [0.4, 0.5) is 0 Å². The Hall–Kier alpha value is -3.02. The second-order valence-corrected chi connectivity index (χ2v) is 7.87. The highest BCUT2D eigenvalue weighted by molar-refractivity contribution is 5.80. The average molecular weight is 407 g/mol. The van der Waals surface area contributed by atoms with Gasteiger partial charge >= 0.3 is 0 Å². The summed E-state index contributed by atoms with van der Waals surface area (Å²) in [6.45, 7) is 2.95. The van der Waals surface area contributed by atoms with Crippen LogP contribution >= 0.6 is 0 Å². The number of rotatable bonds is 6. The summed E-state index contributed by atoms with van der Waals surface area (Å²) in [7, 11) is 1.76. The van der Waals surface area contributed by atoms with E-state index in [4.69, 9.17) is 4.74 Å². The van der Waals surface area contributed by atoms with Gasteiger partial charge in [0, 0.05) is 39.5 Å². The molecule has 1 unspecified atom stereocenters. The molecule has 2 aliphatic heterocycles. The number of carbonyl (C=O) groups is 1. The normalized spacial score (nSPS) is 17.7. The number of benzene rings is 2. The molecule has 0 fully saturated rings. The molecule has 0 spiro atoms. The van der Waals surface area contributed by atoms with Gasteiger partial charge in [0.05, 0.1) is 6.54 Å². The molecule has 2 aliphatic rings. The summed E-state index contributed by atoms with van der Waals surface area (Å²) in [6, 6.07) is 16.6. The van der Waals surface area contributed by atoms with Crippen LogP contribution in [0.2, 0.25) is 0 Å². The lowest BCUT2D eigenvalue weighted by molar-refractivity contribution is -0.132. The summed E-state index contributed by atoms with van der Waals surface area (Å²) in [6.07, 6.45) is 3.30. The van der Waals surface area contributed by atoms with Crippen molar-refractivity contribution in [2.75, 3.05) is 26.7 Å². The Morgan fingerprint density at radius 2 is 1.87 bits per heavy atom. The molecule has 0 aliphatic carbocycles. The number of ether oxygens (including phenoxy) is 1. The van der Waals surface area contributed by atoms with Crippen LogP contribution in [0.1, 0.15) is 29.5 Å². The monoisotopic (exact) mass is 406 g/mol. The Balaban J connectivity index is 1.14. The van der Waals surface area contributed by atoms with Crippen LogP contribution < -0.4 is 15.4 Å². The van der Waals surface area contributed by atoms with E-state index in [9.17, 15) is 4.79 Å². The molecule has 0 saturated heterocycles. The SMILES string of the molecule is CN=C(NCCCC(=O)N1CCc2ccccc2C1)NCC1Cc2ccccc2O1. The molecule has 158 valence electrons. The fourth-order valence-electron chi connectivity index (χ4n) is 4.11. The number of amides is 1. The van der Waals surface area contributed by atoms with E-state index in [1.807, 2.05) is 29.2 Å². The number of nitrogens with zero attached hydrogens (tertiary/aromatic N) is 2. The highest BCUT2D eigenvalue weighted by atomic mass is 16.5. The zero-order valence-corrected chi connectivity index (χ0v) is 17.6. The predicted octanol–water partition coefficient (Wildman–Crippen LogP) is 2.52. The van der Waals surface area contributed by atoms with Crippen LogP contribution in [0.15, 0.2) is 53.5 Å². The van der Waals surface area contributed by atoms with Gasteiger partial charge in [-0.15, -0.1) is 0 Å². The van der Waals surface area contributed by atoms with Crippen molar-refractivity contribution in [1.82, 2.24) is 15.5 Å². The van der Waals surface area contributed by atoms with Crippen molar-refractivity contribution in [3.05, 3.63) is 65.2 Å². The molecule has 30 heavy (non-hydrogen) atoms. The number of hydrogen-bond acceptors (Lipinski definition) is 3. The molecule has 6 nitrogen and oxygen atoms in total. The molecule has 0 aromatic heterocycles. The minimum atomic E-state index is 0.115. The van der Waals surface area contributed by atoms with Gasteiger partial charge in [-0.25, -0.2) is 0 Å². The third-order valence-electron chi connectivity index (χ3n) is 5.78. The Bertz CT molecular complexity index is 887. The summed E-state index contributed by atoms with van der Waals surface area (Å²) in [5.74, 6) is 1.95. The van der Waals surface area contributed by atoms with Crippen LogP contribution in [0, 0.1) is 0 Å². The summed E-state index contributed by atoms with van der Waals surface area (Å²) in [5.41, 5.74) is 3.90. The maximum absolute atomic E-state index is 12.6. The van der Waals surface area contributed by atoms with E-state index in [-0.39, 0.29) is 12.0 Å². The van der Waals surface area contributed by atoms with E-state index in [1.165, 1.54) is 16.7 Å². The van der Waals surface area contributed by atoms with Crippen molar-refractivity contribution < 1.29 is 9.53 Å². The van der Waals surface area contributed by atoms with Crippen molar-refractivity contribution in [2.45, 2.75) is 38.3 Å². The summed E-state index contributed by atoms with van der Waals surface area (Å²) >= 11 is 0. The first-order chi connectivity index (χ1) is 14.7. The van der Waals surface area contributed by atoms with E-state index in [0.717, 1.165) is 44.1 Å². The van der Waals surface area contributed by atoms with Gasteiger partial charge in [0.1, 0.15) is 11.9 Å². The number of guanidine groups is 1. The maximum atomic E-state index is 12.6. The Kier molecular flexibility index (Phi) is 6.52. The van der Waals surface area contributed by atoms with Crippen molar-refractivity contribution in [3.8, 4) is 5.75 Å². The number of para-hydroxylation sites is 1. The van der Waals surface area contributed by atoms with Crippen molar-refractivity contribution in [3.63, 3.8) is 0 Å². The second kappa shape index (κ2) is 9.65. The molecule has 2 N–H and O–H groups in total. The molecule has 4 rings (SSSR count). The van der Waals surface area contributed by atoms with Gasteiger partial charge in [-0.2, -0.15) is 0 Å². The first-order valence-electron chi connectivity index (χ1n) is 10.8. The molecule has 6 heteroatoms. The zero-order valence-electron chi connectivity index (χ0n) is 17.6. The molecule has 2 heterocycles. The van der Waals surface area contributed by atoms with Gasteiger partial charge in [-0.1, -0.05) is 42.5 Å². The molecule has 0 bridgehead atoms. The lowest BCUT2D eigenvalue weighted by Gasteiger charge is -2.29. The first-order valence-corrected chi connectivity index (χ1v) is 10.8. The summed E-state index contributed by atoms with van der Waals surface area (Å²) in [5, 5.41) is 6.63. The Labute approximate surface area is 178 Å². The van der Waals surface area contributed by atoms with Gasteiger partial charge in [0.2, 0.25) is 5.91 Å². The van der Waals surface area contributed by atoms with Crippen LogP contribution in [-0.2, 0) is 24.2 Å². The summed E-state index contributed by atoms with van der Waals surface area (Å²) < 4.78 is 5.96. The van der Waals surface area contributed by atoms with Gasteiger partial charge in [0.15, 0.2) is 5.96 Å². The van der Waals surface area contributed by atoms with Crippen LogP contribution in [-0.4, -0.2) is 49.6 Å². The molecule has 0 saturated carbocycles. The summed E-state index contributed by atoms with van der Waals surface area (Å²) in [4.78, 5) is 18.8. The van der Waals surface area contributed by atoms with Crippen molar-refractivity contribution in [2.24, 2.45) is 4.99 Å². The second-order valence-electron chi connectivity index (χ2n) is 7.87.